The van der Waals surface area contributed by atoms with Gasteiger partial charge in [-0.05, 0) is 48.4 Å². The van der Waals surface area contributed by atoms with Crippen LogP contribution in [0.4, 0.5) is 11.4 Å². The van der Waals surface area contributed by atoms with Crippen LogP contribution in [0.5, 0.6) is 0 Å². The summed E-state index contributed by atoms with van der Waals surface area (Å²) in [6, 6.07) is 17.2. The number of aromatic nitrogens is 2. The molecule has 0 unspecified atom stereocenters. The minimum Gasteiger partial charge on any atom is -0.476 e. The fourth-order valence-corrected chi connectivity index (χ4v) is 4.79. The Hall–Kier alpha value is -4.04. The van der Waals surface area contributed by atoms with Crippen LogP contribution in [0.3, 0.4) is 0 Å². The van der Waals surface area contributed by atoms with Gasteiger partial charge in [0.25, 0.3) is 0 Å². The van der Waals surface area contributed by atoms with E-state index in [2.05, 4.69) is 10.3 Å². The summed E-state index contributed by atoms with van der Waals surface area (Å²) < 4.78 is 1.97. The first-order valence-electron chi connectivity index (χ1n) is 10.5. The fraction of sp³-hybridized carbons (Fsp3) is 0.120. The van der Waals surface area contributed by atoms with E-state index < -0.39 is 5.97 Å². The number of aryl methyl sites for hydroxylation is 1. The van der Waals surface area contributed by atoms with Crippen LogP contribution in [0.2, 0.25) is 0 Å². The highest BCUT2D eigenvalue weighted by molar-refractivity contribution is 7.15. The number of hydrogen-bond donors (Lipinski definition) is 2. The summed E-state index contributed by atoms with van der Waals surface area (Å²) in [5, 5.41) is 13.0. The van der Waals surface area contributed by atoms with Crippen LogP contribution < -0.4 is 5.32 Å². The van der Waals surface area contributed by atoms with Crippen molar-refractivity contribution in [3.8, 4) is 16.3 Å². The highest BCUT2D eigenvalue weighted by atomic mass is 32.1. The Morgan fingerprint density at radius 2 is 1.91 bits per heavy atom. The predicted octanol–water partition coefficient (Wildman–Crippen LogP) is 5.32. The molecule has 2 aromatic carbocycles. The fourth-order valence-electron chi connectivity index (χ4n) is 3.80. The Labute approximate surface area is 194 Å². The number of carbonyl (C=O) groups is 2. The molecule has 3 heterocycles. The van der Waals surface area contributed by atoms with Gasteiger partial charge < -0.3 is 15.0 Å². The maximum absolute atomic E-state index is 12.7. The third-order valence-electron chi connectivity index (χ3n) is 5.40. The highest BCUT2D eigenvalue weighted by Crippen LogP contribution is 2.33. The van der Waals surface area contributed by atoms with Crippen molar-refractivity contribution in [2.24, 2.45) is 4.99 Å². The number of carbonyl (C=O) groups excluding carboxylic acids is 1. The second kappa shape index (κ2) is 8.48. The zero-order chi connectivity index (χ0) is 22.9. The zero-order valence-corrected chi connectivity index (χ0v) is 18.6. The van der Waals surface area contributed by atoms with E-state index in [0.29, 0.717) is 28.5 Å². The molecule has 7 nitrogen and oxygen atoms in total. The Morgan fingerprint density at radius 1 is 1.12 bits per heavy atom. The molecule has 2 N–H and O–H groups in total. The van der Waals surface area contributed by atoms with E-state index in [1.54, 1.807) is 0 Å². The Bertz CT molecular complexity index is 1400. The van der Waals surface area contributed by atoms with Gasteiger partial charge in [0.05, 0.1) is 23.5 Å². The molecule has 0 fully saturated rings. The van der Waals surface area contributed by atoms with E-state index in [0.717, 1.165) is 21.7 Å². The first kappa shape index (κ1) is 20.8. The molecular formula is C25H20N4O3S. The summed E-state index contributed by atoms with van der Waals surface area (Å²) in [7, 11) is 0. The van der Waals surface area contributed by atoms with Crippen molar-refractivity contribution in [2.75, 3.05) is 5.32 Å². The Balaban J connectivity index is 1.53. The van der Waals surface area contributed by atoms with Gasteiger partial charge in [0, 0.05) is 28.5 Å². The van der Waals surface area contributed by atoms with E-state index in [1.165, 1.54) is 11.3 Å². The van der Waals surface area contributed by atoms with Gasteiger partial charge in [-0.1, -0.05) is 25.1 Å². The van der Waals surface area contributed by atoms with Crippen LogP contribution in [0.25, 0.3) is 16.3 Å². The molecule has 0 radical (unpaired) electrons. The number of nitrogens with zero attached hydrogens (tertiary/aromatic N) is 3. The van der Waals surface area contributed by atoms with Crippen molar-refractivity contribution < 1.29 is 14.7 Å². The average molecular weight is 457 g/mol. The van der Waals surface area contributed by atoms with E-state index in [-0.39, 0.29) is 18.0 Å². The van der Waals surface area contributed by atoms with Crippen LogP contribution in [0.1, 0.15) is 34.3 Å². The van der Waals surface area contributed by atoms with Gasteiger partial charge >= 0.3 is 5.97 Å². The lowest BCUT2D eigenvalue weighted by Gasteiger charge is -2.08. The van der Waals surface area contributed by atoms with Crippen molar-refractivity contribution in [3.05, 3.63) is 83.1 Å². The number of carboxylic acid groups (broad SMARTS) is 1. The van der Waals surface area contributed by atoms with Gasteiger partial charge in [-0.15, -0.1) is 11.3 Å². The monoisotopic (exact) mass is 456 g/mol. The first-order valence-corrected chi connectivity index (χ1v) is 11.3. The number of thiazole rings is 1. The maximum atomic E-state index is 12.7. The van der Waals surface area contributed by atoms with Crippen molar-refractivity contribution in [1.29, 1.82) is 0 Å². The summed E-state index contributed by atoms with van der Waals surface area (Å²) in [5.41, 5.74) is 4.63. The number of carboxylic acids is 1. The summed E-state index contributed by atoms with van der Waals surface area (Å²) in [4.78, 5) is 34.1. The molecule has 4 aromatic rings. The first-order chi connectivity index (χ1) is 16.0. The molecule has 0 atom stereocenters. The number of aromatic carboxylic acids is 1. The molecule has 1 aliphatic heterocycles. The molecule has 0 bridgehead atoms. The van der Waals surface area contributed by atoms with E-state index in [9.17, 15) is 14.7 Å². The topological polar surface area (TPSA) is 96.6 Å². The van der Waals surface area contributed by atoms with E-state index in [4.69, 9.17) is 4.99 Å². The summed E-state index contributed by atoms with van der Waals surface area (Å²) in [6.07, 6.45) is 4.63. The highest BCUT2D eigenvalue weighted by Gasteiger charge is 2.20. The van der Waals surface area contributed by atoms with Gasteiger partial charge in [0.1, 0.15) is 5.01 Å². The van der Waals surface area contributed by atoms with Crippen molar-refractivity contribution in [1.82, 2.24) is 9.55 Å². The van der Waals surface area contributed by atoms with Gasteiger partial charge in [-0.2, -0.15) is 0 Å². The second-order valence-electron chi connectivity index (χ2n) is 7.61. The lowest BCUT2D eigenvalue weighted by Crippen LogP contribution is -2.15. The number of amides is 1. The molecule has 0 saturated heterocycles. The summed E-state index contributed by atoms with van der Waals surface area (Å²) >= 11 is 1.38. The van der Waals surface area contributed by atoms with E-state index in [1.807, 2.05) is 78.5 Å². The zero-order valence-electron chi connectivity index (χ0n) is 17.8. The van der Waals surface area contributed by atoms with Crippen LogP contribution in [-0.4, -0.2) is 32.2 Å². The molecule has 0 spiro atoms. The predicted molar refractivity (Wildman–Crippen MR) is 129 cm³/mol. The summed E-state index contributed by atoms with van der Waals surface area (Å²) in [5.74, 6) is -1.16. The molecular weight excluding hydrogens is 436 g/mol. The third kappa shape index (κ3) is 4.08. The number of benzene rings is 2. The number of hydrogen-bond acceptors (Lipinski definition) is 5. The minimum absolute atomic E-state index is 0.0986. The normalized spacial score (nSPS) is 13.1. The standard InChI is InChI=1S/C25H20N4O3S/c1-2-21-23(25(31)32)28-24(33-21)16-7-5-6-15(12-16)19-14-22(30)27-20-13-17(8-9-18(20)26-19)29-10-3-4-11-29/h3-13H,2,14H2,1H3,(H,27,30)(H,31,32). The molecule has 1 aliphatic rings. The Morgan fingerprint density at radius 3 is 2.64 bits per heavy atom. The van der Waals surface area contributed by atoms with Gasteiger partial charge in [-0.25, -0.2) is 9.78 Å². The lowest BCUT2D eigenvalue weighted by atomic mass is 10.0. The number of aliphatic imine (C=N–C) groups is 1. The van der Waals surface area contributed by atoms with E-state index >= 15 is 0 Å². The second-order valence-corrected chi connectivity index (χ2v) is 8.69. The molecule has 33 heavy (non-hydrogen) atoms. The SMILES string of the molecule is CCc1sc(-c2cccc(C3=Nc4ccc(-n5cccc5)cc4NC(=O)C3)c2)nc1C(=O)O. The number of rotatable bonds is 5. The quantitative estimate of drug-likeness (QED) is 0.424. The van der Waals surface area contributed by atoms with Gasteiger partial charge in [0.15, 0.2) is 5.69 Å². The van der Waals surface area contributed by atoms with Gasteiger partial charge in [0.2, 0.25) is 5.91 Å². The molecule has 8 heteroatoms. The van der Waals surface area contributed by atoms with Crippen LogP contribution in [0.15, 0.2) is 72.0 Å². The van der Waals surface area contributed by atoms with Crippen molar-refractivity contribution in [3.63, 3.8) is 0 Å². The Kier molecular flexibility index (Phi) is 5.35. The molecule has 164 valence electrons. The lowest BCUT2D eigenvalue weighted by molar-refractivity contribution is -0.115. The average Bonchev–Trinajstić information content (AvgIpc) is 3.47. The third-order valence-corrected chi connectivity index (χ3v) is 6.65. The summed E-state index contributed by atoms with van der Waals surface area (Å²) in [6.45, 7) is 1.91. The molecule has 1 amide bonds. The van der Waals surface area contributed by atoms with Crippen LogP contribution in [-0.2, 0) is 11.2 Å². The maximum Gasteiger partial charge on any atom is 0.355 e. The molecule has 0 saturated carbocycles. The van der Waals surface area contributed by atoms with Crippen LogP contribution >= 0.6 is 11.3 Å². The smallest absolute Gasteiger partial charge is 0.355 e. The van der Waals surface area contributed by atoms with Gasteiger partial charge in [-0.3, -0.25) is 9.79 Å². The van der Waals surface area contributed by atoms with Crippen LogP contribution in [0, 0.1) is 0 Å². The van der Waals surface area contributed by atoms with Crippen molar-refractivity contribution in [2.45, 2.75) is 19.8 Å². The number of anilines is 1. The molecule has 0 aliphatic carbocycles. The number of fused-ring (bicyclic) bond motifs is 1. The minimum atomic E-state index is -1.02. The van der Waals surface area contributed by atoms with Crippen molar-refractivity contribution >= 4 is 40.3 Å². The molecule has 2 aromatic heterocycles. The largest absolute Gasteiger partial charge is 0.476 e. The number of nitrogens with one attached hydrogen (secondary N) is 1. The molecule has 5 rings (SSSR count).